The van der Waals surface area contributed by atoms with Crippen LogP contribution in [0, 0.1) is 5.82 Å². The van der Waals surface area contributed by atoms with E-state index in [1.165, 1.54) is 12.1 Å². The Morgan fingerprint density at radius 2 is 1.96 bits per heavy atom. The van der Waals surface area contributed by atoms with E-state index in [4.69, 9.17) is 4.74 Å². The van der Waals surface area contributed by atoms with Crippen LogP contribution in [-0.2, 0) is 24.2 Å². The molecule has 8 heteroatoms. The van der Waals surface area contributed by atoms with E-state index in [1.54, 1.807) is 19.2 Å². The van der Waals surface area contributed by atoms with Gasteiger partial charge in [-0.25, -0.2) is 9.37 Å². The third-order valence-corrected chi connectivity index (χ3v) is 4.71. The van der Waals surface area contributed by atoms with Crippen molar-refractivity contribution in [1.29, 1.82) is 0 Å². The van der Waals surface area contributed by atoms with Crippen LogP contribution in [0.4, 0.5) is 4.39 Å². The van der Waals surface area contributed by atoms with Gasteiger partial charge in [-0.3, -0.25) is 9.59 Å². The number of nitrogens with one attached hydrogen (secondary N) is 2. The molecule has 2 N–H and O–H groups in total. The average molecular weight is 388 g/mol. The molecular weight excluding hydrogens is 363 g/mol. The zero-order chi connectivity index (χ0) is 19.9. The Balaban J connectivity index is 1.71. The first kappa shape index (κ1) is 20.0. The number of amides is 2. The van der Waals surface area contributed by atoms with Crippen LogP contribution in [0.5, 0.6) is 0 Å². The van der Waals surface area contributed by atoms with Crippen molar-refractivity contribution < 1.29 is 18.7 Å². The maximum atomic E-state index is 13.0. The summed E-state index contributed by atoms with van der Waals surface area (Å²) in [5.41, 5.74) is 1.88. The molecule has 1 aliphatic rings. The number of carbonyl (C=O) groups is 2. The Hall–Kier alpha value is -2.74. The maximum absolute atomic E-state index is 13.0. The molecule has 0 spiro atoms. The molecule has 1 aromatic carbocycles. The van der Waals surface area contributed by atoms with Crippen LogP contribution in [0.25, 0.3) is 0 Å². The SMILES string of the molecule is COCCCNC(=O)c1nc(C(=O)NCc2ccc(F)cc2)c2n1CCCC2. The molecule has 7 nitrogen and oxygen atoms in total. The fourth-order valence-electron chi connectivity index (χ4n) is 3.26. The van der Waals surface area contributed by atoms with Crippen molar-refractivity contribution in [2.75, 3.05) is 20.3 Å². The predicted octanol–water partition coefficient (Wildman–Crippen LogP) is 2.05. The van der Waals surface area contributed by atoms with E-state index >= 15 is 0 Å². The lowest BCUT2D eigenvalue weighted by Crippen LogP contribution is -2.29. The Bertz CT molecular complexity index is 833. The molecule has 0 radical (unpaired) electrons. The highest BCUT2D eigenvalue weighted by Crippen LogP contribution is 2.21. The molecule has 1 aliphatic heterocycles. The van der Waals surface area contributed by atoms with E-state index in [1.807, 2.05) is 4.57 Å². The Morgan fingerprint density at radius 1 is 1.18 bits per heavy atom. The molecule has 0 bridgehead atoms. The van der Waals surface area contributed by atoms with Gasteiger partial charge in [0.25, 0.3) is 11.8 Å². The zero-order valence-electron chi connectivity index (χ0n) is 16.0. The van der Waals surface area contributed by atoms with Crippen LogP contribution in [0.1, 0.15) is 51.6 Å². The van der Waals surface area contributed by atoms with Crippen molar-refractivity contribution in [1.82, 2.24) is 20.2 Å². The maximum Gasteiger partial charge on any atom is 0.287 e. The minimum Gasteiger partial charge on any atom is -0.385 e. The molecule has 0 atom stereocenters. The number of methoxy groups -OCH3 is 1. The second-order valence-corrected chi connectivity index (χ2v) is 6.75. The zero-order valence-corrected chi connectivity index (χ0v) is 16.0. The third-order valence-electron chi connectivity index (χ3n) is 4.71. The fourth-order valence-corrected chi connectivity index (χ4v) is 3.26. The van der Waals surface area contributed by atoms with E-state index in [9.17, 15) is 14.0 Å². The average Bonchev–Trinajstić information content (AvgIpc) is 3.10. The van der Waals surface area contributed by atoms with Gasteiger partial charge in [0.1, 0.15) is 11.5 Å². The number of hydrogen-bond donors (Lipinski definition) is 2. The summed E-state index contributed by atoms with van der Waals surface area (Å²) >= 11 is 0. The summed E-state index contributed by atoms with van der Waals surface area (Å²) in [7, 11) is 1.61. The van der Waals surface area contributed by atoms with Crippen molar-refractivity contribution in [3.8, 4) is 0 Å². The Morgan fingerprint density at radius 3 is 2.71 bits per heavy atom. The highest BCUT2D eigenvalue weighted by molar-refractivity contribution is 5.97. The second-order valence-electron chi connectivity index (χ2n) is 6.75. The molecule has 0 unspecified atom stereocenters. The minimum atomic E-state index is -0.326. The summed E-state index contributed by atoms with van der Waals surface area (Å²) in [5, 5.41) is 5.64. The van der Waals surface area contributed by atoms with Crippen LogP contribution >= 0.6 is 0 Å². The van der Waals surface area contributed by atoms with Crippen molar-refractivity contribution >= 4 is 11.8 Å². The Labute approximate surface area is 163 Å². The number of carbonyl (C=O) groups excluding carboxylic acids is 2. The van der Waals surface area contributed by atoms with Gasteiger partial charge in [0.2, 0.25) is 0 Å². The summed E-state index contributed by atoms with van der Waals surface area (Å²) in [6, 6.07) is 5.95. The van der Waals surface area contributed by atoms with Gasteiger partial charge in [0, 0.05) is 33.4 Å². The standard InChI is InChI=1S/C20H25FN4O3/c1-28-12-4-10-22-20(27)18-24-17(16-5-2-3-11-25(16)18)19(26)23-13-14-6-8-15(21)9-7-14/h6-9H,2-5,10-13H2,1H3,(H,22,27)(H,23,26). The topological polar surface area (TPSA) is 85.2 Å². The van der Waals surface area contributed by atoms with Crippen LogP contribution in [0.15, 0.2) is 24.3 Å². The van der Waals surface area contributed by atoms with Crippen LogP contribution in [-0.4, -0.2) is 41.6 Å². The van der Waals surface area contributed by atoms with Crippen LogP contribution in [0.2, 0.25) is 0 Å². The molecule has 2 aromatic rings. The van der Waals surface area contributed by atoms with E-state index in [0.29, 0.717) is 38.2 Å². The molecule has 1 aromatic heterocycles. The van der Waals surface area contributed by atoms with Gasteiger partial charge in [-0.2, -0.15) is 0 Å². The molecule has 150 valence electrons. The smallest absolute Gasteiger partial charge is 0.287 e. The lowest BCUT2D eigenvalue weighted by molar-refractivity contribution is 0.0932. The number of halogens is 1. The lowest BCUT2D eigenvalue weighted by atomic mass is 10.1. The number of imidazole rings is 1. The quantitative estimate of drug-likeness (QED) is 0.678. The minimum absolute atomic E-state index is 0.268. The van der Waals surface area contributed by atoms with Crippen molar-refractivity contribution in [3.05, 3.63) is 52.9 Å². The Kier molecular flexibility index (Phi) is 6.76. The number of aromatic nitrogens is 2. The molecule has 2 amide bonds. The van der Waals surface area contributed by atoms with E-state index in [0.717, 1.165) is 24.1 Å². The monoisotopic (exact) mass is 388 g/mol. The van der Waals surface area contributed by atoms with Gasteiger partial charge < -0.3 is 19.9 Å². The van der Waals surface area contributed by atoms with Crippen LogP contribution in [0.3, 0.4) is 0 Å². The van der Waals surface area contributed by atoms with Gasteiger partial charge in [0.15, 0.2) is 5.82 Å². The van der Waals surface area contributed by atoms with Crippen molar-refractivity contribution in [2.45, 2.75) is 38.8 Å². The number of rotatable bonds is 8. The summed E-state index contributed by atoms with van der Waals surface area (Å²) in [5.74, 6) is -0.649. The van der Waals surface area contributed by atoms with Gasteiger partial charge in [-0.15, -0.1) is 0 Å². The predicted molar refractivity (Wildman–Crippen MR) is 102 cm³/mol. The van der Waals surface area contributed by atoms with E-state index < -0.39 is 0 Å². The van der Waals surface area contributed by atoms with Crippen LogP contribution < -0.4 is 10.6 Å². The highest BCUT2D eigenvalue weighted by Gasteiger charge is 2.27. The largest absolute Gasteiger partial charge is 0.385 e. The van der Waals surface area contributed by atoms with Gasteiger partial charge in [-0.05, 0) is 43.4 Å². The first-order chi connectivity index (χ1) is 13.6. The molecule has 0 aliphatic carbocycles. The highest BCUT2D eigenvalue weighted by atomic mass is 19.1. The van der Waals surface area contributed by atoms with E-state index in [-0.39, 0.29) is 30.0 Å². The number of ether oxygens (including phenoxy) is 1. The molecular formula is C20H25FN4O3. The van der Waals surface area contributed by atoms with Gasteiger partial charge in [-0.1, -0.05) is 12.1 Å². The second kappa shape index (κ2) is 9.45. The number of benzene rings is 1. The van der Waals surface area contributed by atoms with Gasteiger partial charge in [0.05, 0.1) is 5.69 Å². The summed E-state index contributed by atoms with van der Waals surface area (Å²) < 4.78 is 19.8. The summed E-state index contributed by atoms with van der Waals surface area (Å²) in [4.78, 5) is 29.6. The van der Waals surface area contributed by atoms with E-state index in [2.05, 4.69) is 15.6 Å². The lowest BCUT2D eigenvalue weighted by Gasteiger charge is -2.17. The molecule has 3 rings (SSSR count). The first-order valence-corrected chi connectivity index (χ1v) is 9.49. The third kappa shape index (κ3) is 4.75. The first-order valence-electron chi connectivity index (χ1n) is 9.49. The number of fused-ring (bicyclic) bond motifs is 1. The molecule has 0 saturated carbocycles. The number of nitrogens with zero attached hydrogens (tertiary/aromatic N) is 2. The molecule has 0 fully saturated rings. The van der Waals surface area contributed by atoms with Crippen molar-refractivity contribution in [3.63, 3.8) is 0 Å². The summed E-state index contributed by atoms with van der Waals surface area (Å²) in [6.07, 6.45) is 3.33. The fraction of sp³-hybridized carbons (Fsp3) is 0.450. The van der Waals surface area contributed by atoms with Crippen molar-refractivity contribution in [2.24, 2.45) is 0 Å². The summed E-state index contributed by atoms with van der Waals surface area (Å²) in [6.45, 7) is 2.00. The van der Waals surface area contributed by atoms with Gasteiger partial charge >= 0.3 is 0 Å². The molecule has 2 heterocycles. The number of hydrogen-bond acceptors (Lipinski definition) is 4. The molecule has 28 heavy (non-hydrogen) atoms. The normalized spacial score (nSPS) is 13.1. The molecule has 0 saturated heterocycles.